The van der Waals surface area contributed by atoms with Gasteiger partial charge in [0.25, 0.3) is 0 Å². The number of carbonyl (C=O) groups excluding carboxylic acids is 1. The van der Waals surface area contributed by atoms with Gasteiger partial charge in [0.05, 0.1) is 6.42 Å². The van der Waals surface area contributed by atoms with Crippen LogP contribution in [0.5, 0.6) is 0 Å². The topological polar surface area (TPSA) is 112 Å². The van der Waals surface area contributed by atoms with Gasteiger partial charge in [-0.1, -0.05) is 28.1 Å². The molecule has 0 amide bonds. The number of benzene rings is 2. The third kappa shape index (κ3) is 4.93. The third-order valence-corrected chi connectivity index (χ3v) is 3.42. The Hall–Kier alpha value is -1.18. The van der Waals surface area contributed by atoms with Crippen LogP contribution in [0.1, 0.15) is 22.9 Å². The summed E-state index contributed by atoms with van der Waals surface area (Å²) in [6, 6.07) is 11.8. The van der Waals surface area contributed by atoms with Crippen molar-refractivity contribution < 1.29 is 51.2 Å². The third-order valence-electron chi connectivity index (χ3n) is 2.89. The standard InChI is InChI=1S/C15H12BrNO3.Na.H2O.H/c16-11-6-4-9(5-7-11)15(20)12-3-1-2-10(14(12)17)8-13(18)19;;;/h1-7H,8,17H2,(H,18,19);;1H2;/q;+1;;-1. The van der Waals surface area contributed by atoms with Crippen molar-refractivity contribution in [1.29, 1.82) is 0 Å². The van der Waals surface area contributed by atoms with Crippen LogP contribution in [0, 0.1) is 0 Å². The van der Waals surface area contributed by atoms with Gasteiger partial charge in [-0.2, -0.15) is 0 Å². The van der Waals surface area contributed by atoms with Crippen LogP contribution >= 0.6 is 15.9 Å². The number of nitrogens with two attached hydrogens (primary N) is 1. The Balaban J connectivity index is 0. The molecule has 0 spiro atoms. The van der Waals surface area contributed by atoms with Crippen molar-refractivity contribution in [2.75, 3.05) is 5.73 Å². The molecular formula is C15H15BrNNaO4. The van der Waals surface area contributed by atoms with Crippen molar-refractivity contribution in [3.63, 3.8) is 0 Å². The fourth-order valence-electron chi connectivity index (χ4n) is 1.88. The van der Waals surface area contributed by atoms with Crippen LogP contribution in [-0.4, -0.2) is 22.3 Å². The Morgan fingerprint density at radius 3 is 2.27 bits per heavy atom. The van der Waals surface area contributed by atoms with Gasteiger partial charge in [-0.25, -0.2) is 0 Å². The van der Waals surface area contributed by atoms with Gasteiger partial charge in [-0.15, -0.1) is 0 Å². The molecule has 0 unspecified atom stereocenters. The second-order valence-electron chi connectivity index (χ2n) is 4.28. The predicted octanol–water partition coefficient (Wildman–Crippen LogP) is -0.819. The molecule has 0 saturated carbocycles. The van der Waals surface area contributed by atoms with E-state index in [2.05, 4.69) is 15.9 Å². The monoisotopic (exact) mass is 375 g/mol. The van der Waals surface area contributed by atoms with Gasteiger partial charge in [0.2, 0.25) is 0 Å². The maximum Gasteiger partial charge on any atom is 1.00 e. The summed E-state index contributed by atoms with van der Waals surface area (Å²) in [7, 11) is 0. The summed E-state index contributed by atoms with van der Waals surface area (Å²) >= 11 is 3.30. The molecule has 0 aliphatic rings. The molecule has 0 heterocycles. The number of anilines is 1. The minimum atomic E-state index is -0.982. The van der Waals surface area contributed by atoms with Gasteiger partial charge >= 0.3 is 35.5 Å². The van der Waals surface area contributed by atoms with Crippen molar-refractivity contribution in [1.82, 2.24) is 0 Å². The largest absolute Gasteiger partial charge is 1.00 e. The van der Waals surface area contributed by atoms with E-state index >= 15 is 0 Å². The Kier molecular flexibility index (Phi) is 8.58. The zero-order valence-corrected chi connectivity index (χ0v) is 15.6. The summed E-state index contributed by atoms with van der Waals surface area (Å²) in [4.78, 5) is 23.1. The molecule has 7 heteroatoms. The van der Waals surface area contributed by atoms with Crippen molar-refractivity contribution in [2.45, 2.75) is 6.42 Å². The molecule has 0 radical (unpaired) electrons. The molecule has 0 bridgehead atoms. The van der Waals surface area contributed by atoms with Crippen LogP contribution in [-0.2, 0) is 11.2 Å². The van der Waals surface area contributed by atoms with Crippen LogP contribution in [0.4, 0.5) is 5.69 Å². The fraction of sp³-hybridized carbons (Fsp3) is 0.0667. The number of aliphatic carboxylic acids is 1. The van der Waals surface area contributed by atoms with Crippen LogP contribution in [0.2, 0.25) is 0 Å². The van der Waals surface area contributed by atoms with Gasteiger partial charge < -0.3 is 17.7 Å². The minimum Gasteiger partial charge on any atom is -1.00 e. The first kappa shape index (κ1) is 20.8. The summed E-state index contributed by atoms with van der Waals surface area (Å²) < 4.78 is 0.877. The van der Waals surface area contributed by atoms with E-state index in [9.17, 15) is 9.59 Å². The van der Waals surface area contributed by atoms with Crippen molar-refractivity contribution in [3.8, 4) is 0 Å². The Bertz CT molecular complexity index is 680. The van der Waals surface area contributed by atoms with Crippen LogP contribution in [0.15, 0.2) is 46.9 Å². The second kappa shape index (κ2) is 9.07. The molecule has 5 nitrogen and oxygen atoms in total. The first-order chi connectivity index (χ1) is 9.49. The van der Waals surface area contributed by atoms with E-state index < -0.39 is 5.97 Å². The summed E-state index contributed by atoms with van der Waals surface area (Å²) in [5, 5.41) is 8.82. The zero-order valence-electron chi connectivity index (χ0n) is 13.0. The molecule has 2 aromatic rings. The number of hydrogen-bond acceptors (Lipinski definition) is 3. The second-order valence-corrected chi connectivity index (χ2v) is 5.20. The number of halogens is 1. The summed E-state index contributed by atoms with van der Waals surface area (Å²) in [5.41, 5.74) is 7.41. The maximum absolute atomic E-state index is 12.4. The van der Waals surface area contributed by atoms with Gasteiger partial charge in [-0.3, -0.25) is 9.59 Å². The first-order valence-corrected chi connectivity index (χ1v) is 6.68. The molecule has 0 atom stereocenters. The van der Waals surface area contributed by atoms with Crippen molar-refractivity contribution in [2.24, 2.45) is 0 Å². The average Bonchev–Trinajstić information content (AvgIpc) is 2.41. The van der Waals surface area contributed by atoms with E-state index in [4.69, 9.17) is 10.8 Å². The van der Waals surface area contributed by atoms with E-state index in [1.165, 1.54) is 0 Å². The van der Waals surface area contributed by atoms with E-state index in [0.29, 0.717) is 16.7 Å². The van der Waals surface area contributed by atoms with Crippen LogP contribution in [0.25, 0.3) is 0 Å². The molecule has 2 aromatic carbocycles. The predicted molar refractivity (Wildman–Crippen MR) is 84.5 cm³/mol. The average molecular weight is 376 g/mol. The van der Waals surface area contributed by atoms with E-state index in [-0.39, 0.29) is 54.4 Å². The summed E-state index contributed by atoms with van der Waals surface area (Å²) in [6.07, 6.45) is -0.201. The number of hydrogen-bond donors (Lipinski definition) is 2. The number of carboxylic acids is 1. The van der Waals surface area contributed by atoms with Crippen LogP contribution < -0.4 is 35.3 Å². The zero-order chi connectivity index (χ0) is 14.7. The number of nitrogen functional groups attached to an aromatic ring is 1. The molecule has 5 N–H and O–H groups in total. The van der Waals surface area contributed by atoms with E-state index in [0.717, 1.165) is 4.47 Å². The molecular weight excluding hydrogens is 361 g/mol. The summed E-state index contributed by atoms with van der Waals surface area (Å²) in [6.45, 7) is 0. The first-order valence-electron chi connectivity index (χ1n) is 5.88. The number of rotatable bonds is 4. The van der Waals surface area contributed by atoms with Gasteiger partial charge in [0, 0.05) is 21.3 Å². The molecule has 22 heavy (non-hydrogen) atoms. The van der Waals surface area contributed by atoms with E-state index in [1.807, 2.05) is 0 Å². The molecule has 2 rings (SSSR count). The number of para-hydroxylation sites is 1. The van der Waals surface area contributed by atoms with Crippen LogP contribution in [0.3, 0.4) is 0 Å². The number of carboxylic acid groups (broad SMARTS) is 1. The Labute approximate surface area is 159 Å². The molecule has 0 saturated heterocycles. The van der Waals surface area contributed by atoms with Crippen molar-refractivity contribution >= 4 is 33.4 Å². The van der Waals surface area contributed by atoms with Gasteiger partial charge in [0.15, 0.2) is 5.78 Å². The van der Waals surface area contributed by atoms with E-state index in [1.54, 1.807) is 42.5 Å². The normalized spacial score (nSPS) is 9.32. The molecule has 0 aliphatic heterocycles. The smallest absolute Gasteiger partial charge is 1.00 e. The molecule has 0 aliphatic carbocycles. The quantitative estimate of drug-likeness (QED) is 0.413. The molecule has 0 aromatic heterocycles. The summed E-state index contributed by atoms with van der Waals surface area (Å²) in [5.74, 6) is -1.20. The number of ketones is 1. The van der Waals surface area contributed by atoms with Gasteiger partial charge in [-0.05, 0) is 35.9 Å². The SMILES string of the molecule is Nc1c(CC(=O)O)cccc1C(=O)c1ccc(Br)cc1.O.[H-].[Na+]. The Morgan fingerprint density at radius 2 is 1.73 bits per heavy atom. The minimum absolute atomic E-state index is 0. The Morgan fingerprint density at radius 1 is 1.14 bits per heavy atom. The van der Waals surface area contributed by atoms with Crippen molar-refractivity contribution in [3.05, 3.63) is 63.6 Å². The molecule has 112 valence electrons. The molecule has 0 fully saturated rings. The van der Waals surface area contributed by atoms with Gasteiger partial charge in [0.1, 0.15) is 0 Å². The fourth-order valence-corrected chi connectivity index (χ4v) is 2.15. The number of carbonyl (C=O) groups is 2. The maximum atomic E-state index is 12.4.